The number of aryl methyl sites for hydroxylation is 1. The number of quaternary nitrogens is 1. The minimum absolute atomic E-state index is 0.280. The first-order chi connectivity index (χ1) is 10.2. The number of H-pyrrole nitrogens is 1. The van der Waals surface area contributed by atoms with E-state index in [0.29, 0.717) is 12.6 Å². The van der Waals surface area contributed by atoms with Crippen LogP contribution in [0.1, 0.15) is 48.5 Å². The average Bonchev–Trinajstić information content (AvgIpc) is 2.90. The van der Waals surface area contributed by atoms with Crippen LogP contribution in [0.5, 0.6) is 0 Å². The lowest BCUT2D eigenvalue weighted by molar-refractivity contribution is -0.922. The summed E-state index contributed by atoms with van der Waals surface area (Å²) in [6.45, 7) is 6.10. The minimum Gasteiger partial charge on any atom is -0.360 e. The lowest BCUT2D eigenvalue weighted by Gasteiger charge is -2.31. The Hall–Kier alpha value is -1.61. The van der Waals surface area contributed by atoms with Gasteiger partial charge in [0.05, 0.1) is 12.6 Å². The van der Waals surface area contributed by atoms with Crippen LogP contribution >= 0.6 is 0 Å². The maximum Gasteiger partial charge on any atom is 0.219 e. The standard InChI is InChI=1S/C18H24N2O/c1-3-14-6-4-5-9-20(14)12-18(21)16-11-19-17-8-7-13(2)10-15(16)17/h7-8,10-11,14,19H,3-6,9,12H2,1-2H3/p+1/t14-/m0/s1. The predicted molar refractivity (Wildman–Crippen MR) is 86.0 cm³/mol. The van der Waals surface area contributed by atoms with Gasteiger partial charge in [-0.1, -0.05) is 18.6 Å². The van der Waals surface area contributed by atoms with Crippen LogP contribution < -0.4 is 4.90 Å². The van der Waals surface area contributed by atoms with Crippen LogP contribution in [-0.4, -0.2) is 29.9 Å². The van der Waals surface area contributed by atoms with Gasteiger partial charge in [0.2, 0.25) is 5.78 Å². The normalized spacial score (nSPS) is 22.6. The number of carbonyl (C=O) groups is 1. The van der Waals surface area contributed by atoms with Crippen LogP contribution in [0.2, 0.25) is 0 Å². The Morgan fingerprint density at radius 2 is 2.24 bits per heavy atom. The number of hydrogen-bond acceptors (Lipinski definition) is 1. The molecule has 3 rings (SSSR count). The molecule has 21 heavy (non-hydrogen) atoms. The third kappa shape index (κ3) is 2.88. The fraction of sp³-hybridized carbons (Fsp3) is 0.500. The number of Topliss-reactive ketones (excluding diaryl/α,β-unsaturated/α-hetero) is 1. The second-order valence-corrected chi connectivity index (χ2v) is 6.36. The molecule has 3 nitrogen and oxygen atoms in total. The number of hydrogen-bond donors (Lipinski definition) is 2. The number of rotatable bonds is 4. The van der Waals surface area contributed by atoms with Gasteiger partial charge in [-0.15, -0.1) is 0 Å². The summed E-state index contributed by atoms with van der Waals surface area (Å²) in [5, 5.41) is 1.07. The van der Waals surface area contributed by atoms with Crippen molar-refractivity contribution in [2.75, 3.05) is 13.1 Å². The van der Waals surface area contributed by atoms with Gasteiger partial charge in [-0.05, 0) is 44.7 Å². The van der Waals surface area contributed by atoms with Crippen molar-refractivity contribution in [3.8, 4) is 0 Å². The Kier molecular flexibility index (Phi) is 4.11. The van der Waals surface area contributed by atoms with E-state index < -0.39 is 0 Å². The lowest BCUT2D eigenvalue weighted by Crippen LogP contribution is -3.17. The van der Waals surface area contributed by atoms with E-state index in [-0.39, 0.29) is 5.78 Å². The highest BCUT2D eigenvalue weighted by Crippen LogP contribution is 2.20. The van der Waals surface area contributed by atoms with E-state index in [9.17, 15) is 4.79 Å². The molecule has 1 aromatic heterocycles. The van der Waals surface area contributed by atoms with Crippen LogP contribution in [0.3, 0.4) is 0 Å². The monoisotopic (exact) mass is 285 g/mol. The number of piperidine rings is 1. The van der Waals surface area contributed by atoms with Gasteiger partial charge >= 0.3 is 0 Å². The van der Waals surface area contributed by atoms with Gasteiger partial charge in [-0.25, -0.2) is 0 Å². The molecule has 1 unspecified atom stereocenters. The zero-order valence-electron chi connectivity index (χ0n) is 13.0. The molecular weight excluding hydrogens is 260 g/mol. The Morgan fingerprint density at radius 3 is 3.05 bits per heavy atom. The lowest BCUT2D eigenvalue weighted by atomic mass is 9.99. The largest absolute Gasteiger partial charge is 0.360 e. The Labute approximate surface area is 126 Å². The molecule has 1 aromatic carbocycles. The summed E-state index contributed by atoms with van der Waals surface area (Å²) in [4.78, 5) is 17.4. The number of benzene rings is 1. The third-order valence-electron chi connectivity index (χ3n) is 4.90. The van der Waals surface area contributed by atoms with Crippen molar-refractivity contribution in [3.63, 3.8) is 0 Å². The first-order valence-corrected chi connectivity index (χ1v) is 8.14. The number of likely N-dealkylation sites (tertiary alicyclic amines) is 1. The van der Waals surface area contributed by atoms with Crippen molar-refractivity contribution in [2.45, 2.75) is 45.6 Å². The molecular formula is C18H25N2O+. The summed E-state index contributed by atoms with van der Waals surface area (Å²) in [6.07, 6.45) is 6.91. The van der Waals surface area contributed by atoms with Crippen molar-refractivity contribution in [2.24, 2.45) is 0 Å². The van der Waals surface area contributed by atoms with Gasteiger partial charge in [0.1, 0.15) is 6.54 Å². The fourth-order valence-corrected chi connectivity index (χ4v) is 3.64. The minimum atomic E-state index is 0.280. The van der Waals surface area contributed by atoms with E-state index >= 15 is 0 Å². The summed E-state index contributed by atoms with van der Waals surface area (Å²) >= 11 is 0. The first kappa shape index (κ1) is 14.3. The van der Waals surface area contributed by atoms with Gasteiger partial charge in [-0.2, -0.15) is 0 Å². The summed E-state index contributed by atoms with van der Waals surface area (Å²) in [7, 11) is 0. The number of aromatic amines is 1. The zero-order valence-corrected chi connectivity index (χ0v) is 13.0. The molecule has 0 spiro atoms. The number of fused-ring (bicyclic) bond motifs is 1. The molecule has 1 fully saturated rings. The Morgan fingerprint density at radius 1 is 1.38 bits per heavy atom. The summed E-state index contributed by atoms with van der Waals surface area (Å²) in [5.74, 6) is 0.280. The molecule has 0 radical (unpaired) electrons. The number of ketones is 1. The van der Waals surface area contributed by atoms with E-state index in [1.54, 1.807) is 0 Å². The quantitative estimate of drug-likeness (QED) is 0.832. The molecule has 2 heterocycles. The highest BCUT2D eigenvalue weighted by Gasteiger charge is 2.27. The number of nitrogens with one attached hydrogen (secondary N) is 2. The number of carbonyl (C=O) groups excluding carboxylic acids is 1. The van der Waals surface area contributed by atoms with Gasteiger partial charge < -0.3 is 9.88 Å². The van der Waals surface area contributed by atoms with Crippen molar-refractivity contribution in [3.05, 3.63) is 35.5 Å². The van der Waals surface area contributed by atoms with Crippen LogP contribution in [-0.2, 0) is 0 Å². The van der Waals surface area contributed by atoms with Crippen LogP contribution in [0, 0.1) is 6.92 Å². The summed E-state index contributed by atoms with van der Waals surface area (Å²) in [6, 6.07) is 6.91. The molecule has 3 heteroatoms. The Bertz CT molecular complexity index is 644. The molecule has 0 amide bonds. The van der Waals surface area contributed by atoms with Crippen molar-refractivity contribution in [1.82, 2.24) is 4.98 Å². The molecule has 2 N–H and O–H groups in total. The average molecular weight is 285 g/mol. The maximum atomic E-state index is 12.7. The molecule has 112 valence electrons. The van der Waals surface area contributed by atoms with E-state index in [0.717, 1.165) is 23.0 Å². The molecule has 2 aromatic rings. The highest BCUT2D eigenvalue weighted by molar-refractivity contribution is 6.08. The summed E-state index contributed by atoms with van der Waals surface area (Å²) in [5.41, 5.74) is 3.12. The van der Waals surface area contributed by atoms with Crippen LogP contribution in [0.15, 0.2) is 24.4 Å². The van der Waals surface area contributed by atoms with Crippen molar-refractivity contribution >= 4 is 16.7 Å². The molecule has 1 saturated heterocycles. The zero-order chi connectivity index (χ0) is 14.8. The second kappa shape index (κ2) is 6.02. The molecule has 0 saturated carbocycles. The molecule has 1 aliphatic rings. The highest BCUT2D eigenvalue weighted by atomic mass is 16.1. The third-order valence-corrected chi connectivity index (χ3v) is 4.90. The topological polar surface area (TPSA) is 37.3 Å². The van der Waals surface area contributed by atoms with Gasteiger partial charge in [-0.3, -0.25) is 4.79 Å². The second-order valence-electron chi connectivity index (χ2n) is 6.36. The van der Waals surface area contributed by atoms with E-state index in [4.69, 9.17) is 0 Å². The number of aromatic nitrogens is 1. The van der Waals surface area contributed by atoms with Gasteiger partial charge in [0.15, 0.2) is 0 Å². The first-order valence-electron chi connectivity index (χ1n) is 8.14. The van der Waals surface area contributed by atoms with Crippen LogP contribution in [0.25, 0.3) is 10.9 Å². The van der Waals surface area contributed by atoms with Crippen molar-refractivity contribution in [1.29, 1.82) is 0 Å². The molecule has 1 aliphatic heterocycles. The molecule has 2 atom stereocenters. The summed E-state index contributed by atoms with van der Waals surface area (Å²) < 4.78 is 0. The van der Waals surface area contributed by atoms with Crippen LogP contribution in [0.4, 0.5) is 0 Å². The molecule has 0 aliphatic carbocycles. The predicted octanol–water partition coefficient (Wildman–Crippen LogP) is 2.51. The van der Waals surface area contributed by atoms with E-state index in [2.05, 4.69) is 37.0 Å². The maximum absolute atomic E-state index is 12.7. The smallest absolute Gasteiger partial charge is 0.219 e. The SMILES string of the molecule is CC[C@H]1CCCC[NH+]1CC(=O)c1c[nH]c2ccc(C)cc12. The van der Waals surface area contributed by atoms with E-state index in [1.807, 2.05) is 6.20 Å². The Balaban J connectivity index is 1.82. The fourth-order valence-electron chi connectivity index (χ4n) is 3.64. The van der Waals surface area contributed by atoms with Gasteiger partial charge in [0, 0.05) is 22.7 Å². The van der Waals surface area contributed by atoms with Gasteiger partial charge in [0.25, 0.3) is 0 Å². The molecule has 0 bridgehead atoms. The van der Waals surface area contributed by atoms with E-state index in [1.165, 1.54) is 36.1 Å². The van der Waals surface area contributed by atoms with Crippen molar-refractivity contribution < 1.29 is 9.69 Å².